The highest BCUT2D eigenvalue weighted by atomic mass is 79.9. The Hall–Kier alpha value is -0.900. The number of sulfonamides is 1. The van der Waals surface area contributed by atoms with Crippen molar-refractivity contribution in [3.63, 3.8) is 0 Å². The van der Waals surface area contributed by atoms with Crippen LogP contribution in [-0.4, -0.2) is 19.3 Å². The Morgan fingerprint density at radius 2 is 2.11 bits per heavy atom. The molecule has 102 valence electrons. The lowest BCUT2D eigenvalue weighted by Crippen LogP contribution is -2.38. The van der Waals surface area contributed by atoms with Gasteiger partial charge >= 0.3 is 0 Å². The Kier molecular flexibility index (Phi) is 4.61. The quantitative estimate of drug-likeness (QED) is 0.853. The summed E-state index contributed by atoms with van der Waals surface area (Å²) in [5.41, 5.74) is 0.955. The van der Waals surface area contributed by atoms with Crippen molar-refractivity contribution in [2.75, 3.05) is 0 Å². The number of rotatable bonds is 4. The summed E-state index contributed by atoms with van der Waals surface area (Å²) in [4.78, 5) is 0.202. The Labute approximate surface area is 122 Å². The smallest absolute Gasteiger partial charge is 0.212 e. The molecule has 1 aromatic rings. The van der Waals surface area contributed by atoms with E-state index in [0.29, 0.717) is 11.1 Å². The summed E-state index contributed by atoms with van der Waals surface area (Å²) in [5, 5.41) is 8.97. The first-order chi connectivity index (χ1) is 9.02. The third kappa shape index (κ3) is 3.78. The standard InChI is InChI=1S/C13H15BrN2O2S/c14-12-6-3-7-13(12)16-19(17,18)9-11-5-2-1-4-10(11)8-15/h1-2,4-5,12-13,16H,3,6-7,9H2. The predicted octanol–water partition coefficient (Wildman–Crippen LogP) is 2.29. The normalized spacial score (nSPS) is 23.2. The molecule has 0 heterocycles. The number of nitrogens with zero attached hydrogens (tertiary/aromatic N) is 1. The Bertz CT molecular complexity index is 595. The van der Waals surface area contributed by atoms with E-state index in [2.05, 4.69) is 20.7 Å². The molecule has 0 saturated heterocycles. The minimum absolute atomic E-state index is 0.0424. The summed E-state index contributed by atoms with van der Waals surface area (Å²) in [6, 6.07) is 8.76. The number of hydrogen-bond acceptors (Lipinski definition) is 3. The van der Waals surface area contributed by atoms with Crippen LogP contribution in [-0.2, 0) is 15.8 Å². The average molecular weight is 343 g/mol. The molecule has 0 aliphatic heterocycles. The maximum absolute atomic E-state index is 12.1. The van der Waals surface area contributed by atoms with Gasteiger partial charge in [-0.05, 0) is 24.5 Å². The Morgan fingerprint density at radius 3 is 2.74 bits per heavy atom. The van der Waals surface area contributed by atoms with Gasteiger partial charge in [0, 0.05) is 10.9 Å². The Morgan fingerprint density at radius 1 is 1.37 bits per heavy atom. The zero-order chi connectivity index (χ0) is 13.9. The van der Waals surface area contributed by atoms with Gasteiger partial charge in [-0.1, -0.05) is 40.5 Å². The molecular formula is C13H15BrN2O2S. The predicted molar refractivity (Wildman–Crippen MR) is 77.3 cm³/mol. The highest BCUT2D eigenvalue weighted by molar-refractivity contribution is 9.09. The van der Waals surface area contributed by atoms with Gasteiger partial charge in [-0.15, -0.1) is 0 Å². The van der Waals surface area contributed by atoms with E-state index >= 15 is 0 Å². The molecule has 0 amide bonds. The van der Waals surface area contributed by atoms with Crippen LogP contribution in [0.25, 0.3) is 0 Å². The summed E-state index contributed by atoms with van der Waals surface area (Å²) < 4.78 is 27.0. The zero-order valence-corrected chi connectivity index (χ0v) is 12.7. The number of nitriles is 1. The fourth-order valence-corrected chi connectivity index (χ4v) is 4.66. The second-order valence-electron chi connectivity index (χ2n) is 4.70. The number of hydrogen-bond donors (Lipinski definition) is 1. The highest BCUT2D eigenvalue weighted by Gasteiger charge is 2.29. The third-order valence-corrected chi connectivity index (χ3v) is 5.69. The van der Waals surface area contributed by atoms with Gasteiger partial charge in [-0.3, -0.25) is 0 Å². The van der Waals surface area contributed by atoms with Crippen molar-refractivity contribution < 1.29 is 8.42 Å². The number of alkyl halides is 1. The molecule has 1 aliphatic rings. The van der Waals surface area contributed by atoms with E-state index < -0.39 is 10.0 Å². The second kappa shape index (κ2) is 6.04. The minimum Gasteiger partial charge on any atom is -0.212 e. The van der Waals surface area contributed by atoms with Crippen LogP contribution in [0.15, 0.2) is 24.3 Å². The maximum atomic E-state index is 12.1. The van der Waals surface area contributed by atoms with Crippen molar-refractivity contribution in [3.8, 4) is 6.07 Å². The summed E-state index contributed by atoms with van der Waals surface area (Å²) >= 11 is 3.49. The first-order valence-corrected chi connectivity index (χ1v) is 8.71. The van der Waals surface area contributed by atoms with E-state index in [1.807, 2.05) is 6.07 Å². The molecule has 0 spiro atoms. The van der Waals surface area contributed by atoms with Gasteiger partial charge in [-0.25, -0.2) is 13.1 Å². The lowest BCUT2D eigenvalue weighted by molar-refractivity contribution is 0.555. The van der Waals surface area contributed by atoms with Crippen molar-refractivity contribution >= 4 is 26.0 Å². The number of benzene rings is 1. The molecule has 4 nitrogen and oxygen atoms in total. The highest BCUT2D eigenvalue weighted by Crippen LogP contribution is 2.26. The van der Waals surface area contributed by atoms with E-state index in [0.717, 1.165) is 19.3 Å². The molecule has 2 rings (SSSR count). The van der Waals surface area contributed by atoms with Gasteiger partial charge in [-0.2, -0.15) is 5.26 Å². The molecule has 1 aliphatic carbocycles. The van der Waals surface area contributed by atoms with E-state index in [-0.39, 0.29) is 16.6 Å². The molecule has 1 saturated carbocycles. The van der Waals surface area contributed by atoms with E-state index in [9.17, 15) is 8.42 Å². The van der Waals surface area contributed by atoms with Crippen molar-refractivity contribution in [2.45, 2.75) is 35.9 Å². The molecular weight excluding hydrogens is 328 g/mol. The molecule has 1 aromatic carbocycles. The lowest BCUT2D eigenvalue weighted by Gasteiger charge is -2.16. The molecule has 2 atom stereocenters. The van der Waals surface area contributed by atoms with Crippen LogP contribution in [0.4, 0.5) is 0 Å². The van der Waals surface area contributed by atoms with Gasteiger partial charge < -0.3 is 0 Å². The fourth-order valence-electron chi connectivity index (χ4n) is 2.28. The first-order valence-electron chi connectivity index (χ1n) is 6.14. The van der Waals surface area contributed by atoms with Crippen LogP contribution in [0.1, 0.15) is 30.4 Å². The van der Waals surface area contributed by atoms with Gasteiger partial charge in [0.05, 0.1) is 17.4 Å². The Balaban J connectivity index is 2.11. The van der Waals surface area contributed by atoms with Crippen molar-refractivity contribution in [1.29, 1.82) is 5.26 Å². The van der Waals surface area contributed by atoms with Crippen LogP contribution in [0.5, 0.6) is 0 Å². The van der Waals surface area contributed by atoms with Crippen LogP contribution in [0.3, 0.4) is 0 Å². The molecule has 6 heteroatoms. The first kappa shape index (κ1) is 14.5. The maximum Gasteiger partial charge on any atom is 0.216 e. The van der Waals surface area contributed by atoms with Crippen molar-refractivity contribution in [3.05, 3.63) is 35.4 Å². The van der Waals surface area contributed by atoms with Crippen molar-refractivity contribution in [1.82, 2.24) is 4.72 Å². The topological polar surface area (TPSA) is 70.0 Å². The third-order valence-electron chi connectivity index (χ3n) is 3.25. The summed E-state index contributed by atoms with van der Waals surface area (Å²) in [6.07, 6.45) is 2.87. The van der Waals surface area contributed by atoms with E-state index in [4.69, 9.17) is 5.26 Å². The van der Waals surface area contributed by atoms with E-state index in [1.54, 1.807) is 24.3 Å². The molecule has 1 N–H and O–H groups in total. The van der Waals surface area contributed by atoms with E-state index in [1.165, 1.54) is 0 Å². The fraction of sp³-hybridized carbons (Fsp3) is 0.462. The average Bonchev–Trinajstić information content (AvgIpc) is 2.74. The molecule has 19 heavy (non-hydrogen) atoms. The molecule has 0 bridgehead atoms. The largest absolute Gasteiger partial charge is 0.216 e. The number of halogens is 1. The summed E-state index contributed by atoms with van der Waals surface area (Å²) in [5.74, 6) is -0.146. The van der Waals surface area contributed by atoms with Crippen LogP contribution >= 0.6 is 15.9 Å². The van der Waals surface area contributed by atoms with Gasteiger partial charge in [0.1, 0.15) is 0 Å². The second-order valence-corrected chi connectivity index (χ2v) is 7.63. The monoisotopic (exact) mass is 342 g/mol. The SMILES string of the molecule is N#Cc1ccccc1CS(=O)(=O)NC1CCCC1Br. The number of nitrogens with one attached hydrogen (secondary N) is 1. The summed E-state index contributed by atoms with van der Waals surface area (Å²) in [6.45, 7) is 0. The molecule has 2 unspecified atom stereocenters. The minimum atomic E-state index is -3.41. The van der Waals surface area contributed by atoms with Gasteiger partial charge in [0.25, 0.3) is 0 Å². The van der Waals surface area contributed by atoms with Crippen LogP contribution in [0, 0.1) is 11.3 Å². The molecule has 1 fully saturated rings. The molecule has 0 radical (unpaired) electrons. The summed E-state index contributed by atoms with van der Waals surface area (Å²) in [7, 11) is -3.41. The van der Waals surface area contributed by atoms with Gasteiger partial charge in [0.2, 0.25) is 10.0 Å². The zero-order valence-electron chi connectivity index (χ0n) is 10.3. The van der Waals surface area contributed by atoms with Crippen molar-refractivity contribution in [2.24, 2.45) is 0 Å². The van der Waals surface area contributed by atoms with Crippen LogP contribution < -0.4 is 4.72 Å². The van der Waals surface area contributed by atoms with Crippen LogP contribution in [0.2, 0.25) is 0 Å². The van der Waals surface area contributed by atoms with Gasteiger partial charge in [0.15, 0.2) is 0 Å². The molecule has 0 aromatic heterocycles. The lowest BCUT2D eigenvalue weighted by atomic mass is 10.1.